The smallest absolute Gasteiger partial charge is 0.338 e. The maximum absolute atomic E-state index is 13.0. The molecule has 0 spiro atoms. The van der Waals surface area contributed by atoms with Gasteiger partial charge in [-0.2, -0.15) is 0 Å². The number of benzene rings is 3. The molecule has 0 aliphatic carbocycles. The Morgan fingerprint density at radius 2 is 1.42 bits per heavy atom. The average Bonchev–Trinajstić information content (AvgIpc) is 2.84. The Kier molecular flexibility index (Phi) is 7.84. The van der Waals surface area contributed by atoms with Crippen molar-refractivity contribution in [2.24, 2.45) is 0 Å². The van der Waals surface area contributed by atoms with Crippen LogP contribution in [0.1, 0.15) is 22.8 Å². The van der Waals surface area contributed by atoms with Crippen LogP contribution in [-0.2, 0) is 26.1 Å². The van der Waals surface area contributed by atoms with E-state index in [4.69, 9.17) is 4.74 Å². The van der Waals surface area contributed by atoms with E-state index in [-0.39, 0.29) is 22.9 Å². The van der Waals surface area contributed by atoms with E-state index < -0.39 is 22.6 Å². The van der Waals surface area contributed by atoms with E-state index in [9.17, 15) is 18.0 Å². The minimum atomic E-state index is -3.79. The molecule has 0 saturated carbocycles. The number of carbonyl (C=O) groups excluding carboxylic acids is 2. The molecule has 0 aliphatic rings. The van der Waals surface area contributed by atoms with E-state index in [1.165, 1.54) is 33.5 Å². The van der Waals surface area contributed by atoms with Gasteiger partial charge in [-0.3, -0.25) is 9.10 Å². The molecule has 3 aromatic rings. The van der Waals surface area contributed by atoms with Crippen molar-refractivity contribution < 1.29 is 22.7 Å². The zero-order valence-corrected chi connectivity index (χ0v) is 19.4. The lowest BCUT2D eigenvalue weighted by Gasteiger charge is -2.23. The highest BCUT2D eigenvalue weighted by atomic mass is 32.2. The monoisotopic (exact) mass is 466 g/mol. The van der Waals surface area contributed by atoms with Crippen molar-refractivity contribution in [3.8, 4) is 0 Å². The topological polar surface area (TPSA) is 84.0 Å². The van der Waals surface area contributed by atoms with Crippen LogP contribution in [0.25, 0.3) is 0 Å². The second-order valence-corrected chi connectivity index (χ2v) is 9.20. The fourth-order valence-corrected chi connectivity index (χ4v) is 4.72. The Bertz CT molecular complexity index is 1180. The first-order valence-electron chi connectivity index (χ1n) is 10.5. The lowest BCUT2D eigenvalue weighted by atomic mass is 10.2. The summed E-state index contributed by atoms with van der Waals surface area (Å²) in [6.45, 7) is 2.01. The summed E-state index contributed by atoms with van der Waals surface area (Å²) in [6.07, 6.45) is 0. The normalized spacial score (nSPS) is 11.0. The number of esters is 1. The van der Waals surface area contributed by atoms with E-state index in [1.807, 2.05) is 36.4 Å². The summed E-state index contributed by atoms with van der Waals surface area (Å²) >= 11 is 0. The van der Waals surface area contributed by atoms with Crippen molar-refractivity contribution in [2.45, 2.75) is 18.4 Å². The molecule has 3 aromatic carbocycles. The summed E-state index contributed by atoms with van der Waals surface area (Å²) in [5, 5.41) is 0. The Morgan fingerprint density at radius 1 is 0.848 bits per heavy atom. The van der Waals surface area contributed by atoms with Crippen molar-refractivity contribution in [2.75, 3.05) is 24.5 Å². The molecule has 0 aliphatic heterocycles. The van der Waals surface area contributed by atoms with Crippen LogP contribution < -0.4 is 4.31 Å². The van der Waals surface area contributed by atoms with Gasteiger partial charge < -0.3 is 9.64 Å². The number of anilines is 1. The number of nitrogens with zero attached hydrogens (tertiary/aromatic N) is 2. The molecule has 0 unspecified atom stereocenters. The van der Waals surface area contributed by atoms with Gasteiger partial charge in [-0.15, -0.1) is 0 Å². The van der Waals surface area contributed by atoms with Gasteiger partial charge in [-0.05, 0) is 48.9 Å². The first kappa shape index (κ1) is 24.0. The number of ether oxygens (including phenoxy) is 1. The Morgan fingerprint density at radius 3 is 2.00 bits per heavy atom. The molecule has 0 N–H and O–H groups in total. The van der Waals surface area contributed by atoms with Crippen LogP contribution in [0.5, 0.6) is 0 Å². The third-order valence-corrected chi connectivity index (χ3v) is 6.94. The van der Waals surface area contributed by atoms with Crippen LogP contribution in [0.4, 0.5) is 5.69 Å². The van der Waals surface area contributed by atoms with Crippen LogP contribution in [0.15, 0.2) is 89.8 Å². The summed E-state index contributed by atoms with van der Waals surface area (Å²) in [4.78, 5) is 26.2. The van der Waals surface area contributed by atoms with Gasteiger partial charge in [0.05, 0.1) is 16.1 Å². The van der Waals surface area contributed by atoms with Crippen molar-refractivity contribution in [1.82, 2.24) is 4.90 Å². The highest BCUT2D eigenvalue weighted by Gasteiger charge is 2.24. The minimum absolute atomic E-state index is 0.0587. The number of amides is 1. The third-order valence-electron chi connectivity index (χ3n) is 5.02. The highest BCUT2D eigenvalue weighted by Crippen LogP contribution is 2.23. The summed E-state index contributed by atoms with van der Waals surface area (Å²) in [7, 11) is -2.16. The molecule has 0 saturated heterocycles. The second kappa shape index (κ2) is 10.8. The van der Waals surface area contributed by atoms with Crippen LogP contribution in [0.3, 0.4) is 0 Å². The lowest BCUT2D eigenvalue weighted by molar-refractivity contribution is -0.133. The van der Waals surface area contributed by atoms with E-state index >= 15 is 0 Å². The molecule has 172 valence electrons. The van der Waals surface area contributed by atoms with Gasteiger partial charge in [0.25, 0.3) is 15.9 Å². The average molecular weight is 467 g/mol. The van der Waals surface area contributed by atoms with Gasteiger partial charge in [0.2, 0.25) is 0 Å². The molecule has 8 heteroatoms. The van der Waals surface area contributed by atoms with Gasteiger partial charge in [0.1, 0.15) is 0 Å². The Hall–Kier alpha value is -3.65. The SMILES string of the molecule is CCN(c1ccccc1)S(=O)(=O)c1ccc(C(=O)OCC(=O)N(C)Cc2ccccc2)cc1. The third kappa shape index (κ3) is 5.98. The summed E-state index contributed by atoms with van der Waals surface area (Å²) in [5.41, 5.74) is 1.69. The molecule has 0 atom stereocenters. The quantitative estimate of drug-likeness (QED) is 0.449. The standard InChI is InChI=1S/C25H26N2O5S/c1-3-27(22-12-8-5-9-13-22)33(30,31)23-16-14-21(15-17-23)25(29)32-19-24(28)26(2)18-20-10-6-4-7-11-20/h4-17H,3,18-19H2,1-2H3. The summed E-state index contributed by atoms with van der Waals surface area (Å²) in [5.74, 6) is -1.04. The molecule has 7 nitrogen and oxygen atoms in total. The molecule has 0 aromatic heterocycles. The molecule has 33 heavy (non-hydrogen) atoms. The number of carbonyl (C=O) groups is 2. The molecular weight excluding hydrogens is 440 g/mol. The second-order valence-electron chi connectivity index (χ2n) is 7.34. The number of hydrogen-bond acceptors (Lipinski definition) is 5. The fourth-order valence-electron chi connectivity index (χ4n) is 3.24. The molecule has 1 amide bonds. The zero-order valence-electron chi connectivity index (χ0n) is 18.5. The van der Waals surface area contributed by atoms with Crippen LogP contribution in [-0.4, -0.2) is 45.4 Å². The van der Waals surface area contributed by atoms with Crippen molar-refractivity contribution in [3.63, 3.8) is 0 Å². The lowest BCUT2D eigenvalue weighted by Crippen LogP contribution is -2.31. The predicted octanol–water partition coefficient (Wildman–Crippen LogP) is 3.72. The highest BCUT2D eigenvalue weighted by molar-refractivity contribution is 7.92. The van der Waals surface area contributed by atoms with Gasteiger partial charge in [0, 0.05) is 20.1 Å². The number of para-hydroxylation sites is 1. The maximum Gasteiger partial charge on any atom is 0.338 e. The van der Waals surface area contributed by atoms with Gasteiger partial charge >= 0.3 is 5.97 Å². The number of hydrogen-bond donors (Lipinski definition) is 0. The minimum Gasteiger partial charge on any atom is -0.452 e. The van der Waals surface area contributed by atoms with E-state index in [0.717, 1.165) is 5.56 Å². The van der Waals surface area contributed by atoms with E-state index in [1.54, 1.807) is 38.2 Å². The van der Waals surface area contributed by atoms with Gasteiger partial charge in [0.15, 0.2) is 6.61 Å². The molecule has 0 radical (unpaired) electrons. The number of rotatable bonds is 9. The first-order valence-corrected chi connectivity index (χ1v) is 11.9. The maximum atomic E-state index is 13.0. The van der Waals surface area contributed by atoms with Crippen LogP contribution in [0.2, 0.25) is 0 Å². The van der Waals surface area contributed by atoms with Crippen molar-refractivity contribution in [3.05, 3.63) is 96.1 Å². The van der Waals surface area contributed by atoms with Crippen molar-refractivity contribution in [1.29, 1.82) is 0 Å². The zero-order chi connectivity index (χ0) is 23.8. The predicted molar refractivity (Wildman–Crippen MR) is 126 cm³/mol. The molecule has 0 bridgehead atoms. The number of likely N-dealkylation sites (N-methyl/N-ethyl adjacent to an activating group) is 1. The first-order chi connectivity index (χ1) is 15.8. The van der Waals surface area contributed by atoms with Crippen molar-refractivity contribution >= 4 is 27.6 Å². The van der Waals surface area contributed by atoms with Crippen LogP contribution in [0, 0.1) is 0 Å². The molecule has 3 rings (SSSR count). The Balaban J connectivity index is 1.62. The summed E-state index contributed by atoms with van der Waals surface area (Å²) in [6, 6.07) is 23.8. The van der Waals surface area contributed by atoms with Crippen LogP contribution >= 0.6 is 0 Å². The van der Waals surface area contributed by atoms with E-state index in [2.05, 4.69) is 0 Å². The largest absolute Gasteiger partial charge is 0.452 e. The van der Waals surface area contributed by atoms with Gasteiger partial charge in [-0.1, -0.05) is 48.5 Å². The Labute approximate surface area is 194 Å². The van der Waals surface area contributed by atoms with Gasteiger partial charge in [-0.25, -0.2) is 13.2 Å². The number of sulfonamides is 1. The summed E-state index contributed by atoms with van der Waals surface area (Å²) < 4.78 is 32.5. The molecular formula is C25H26N2O5S. The molecule has 0 heterocycles. The fraction of sp³-hybridized carbons (Fsp3) is 0.200. The molecule has 0 fully saturated rings. The van der Waals surface area contributed by atoms with E-state index in [0.29, 0.717) is 12.2 Å².